The summed E-state index contributed by atoms with van der Waals surface area (Å²) in [7, 11) is 0. The Morgan fingerprint density at radius 1 is 1.30 bits per heavy atom. The lowest BCUT2D eigenvalue weighted by Gasteiger charge is -2.27. The predicted molar refractivity (Wildman–Crippen MR) is 79.2 cm³/mol. The lowest BCUT2D eigenvalue weighted by molar-refractivity contribution is 0.0702. The predicted octanol–water partition coefficient (Wildman–Crippen LogP) is 2.06. The molecule has 0 aromatic heterocycles. The van der Waals surface area contributed by atoms with E-state index in [-0.39, 0.29) is 6.61 Å². The van der Waals surface area contributed by atoms with E-state index in [0.29, 0.717) is 25.9 Å². The second-order valence-electron chi connectivity index (χ2n) is 5.01. The molecule has 0 bridgehead atoms. The Morgan fingerprint density at radius 2 is 2.20 bits per heavy atom. The molecular formula is C16H25NO3. The van der Waals surface area contributed by atoms with Gasteiger partial charge in [0.05, 0.1) is 19.8 Å². The van der Waals surface area contributed by atoms with Crippen LogP contribution in [0.25, 0.3) is 0 Å². The van der Waals surface area contributed by atoms with Crippen LogP contribution in [0.2, 0.25) is 0 Å². The van der Waals surface area contributed by atoms with Gasteiger partial charge in [0.2, 0.25) is 0 Å². The third kappa shape index (κ3) is 3.95. The monoisotopic (exact) mass is 279 g/mol. The van der Waals surface area contributed by atoms with E-state index in [0.717, 1.165) is 18.7 Å². The number of rotatable bonds is 8. The van der Waals surface area contributed by atoms with Crippen LogP contribution in [-0.4, -0.2) is 38.1 Å². The van der Waals surface area contributed by atoms with Crippen LogP contribution in [-0.2, 0) is 11.2 Å². The van der Waals surface area contributed by atoms with Crippen molar-refractivity contribution >= 4 is 0 Å². The fraction of sp³-hybridized carbons (Fsp3) is 0.625. The molecule has 0 fully saturated rings. The van der Waals surface area contributed by atoms with Gasteiger partial charge in [-0.1, -0.05) is 19.1 Å². The minimum absolute atomic E-state index is 0.0606. The average Bonchev–Trinajstić information content (AvgIpc) is 2.48. The maximum Gasteiger partial charge on any atom is 0.122 e. The SMILES string of the molecule is CCNC1CCCc2c(OCCOCCO)cccc21. The molecule has 4 nitrogen and oxygen atoms in total. The van der Waals surface area contributed by atoms with E-state index in [1.807, 2.05) is 6.07 Å². The van der Waals surface area contributed by atoms with Crippen LogP contribution in [0, 0.1) is 0 Å². The summed E-state index contributed by atoms with van der Waals surface area (Å²) in [6.45, 7) is 4.62. The highest BCUT2D eigenvalue weighted by Gasteiger charge is 2.21. The van der Waals surface area contributed by atoms with Crippen LogP contribution in [0.3, 0.4) is 0 Å². The van der Waals surface area contributed by atoms with E-state index in [4.69, 9.17) is 14.6 Å². The van der Waals surface area contributed by atoms with Crippen molar-refractivity contribution in [2.24, 2.45) is 0 Å². The van der Waals surface area contributed by atoms with Crippen LogP contribution in [0.5, 0.6) is 5.75 Å². The van der Waals surface area contributed by atoms with Gasteiger partial charge in [-0.05, 0) is 43.0 Å². The summed E-state index contributed by atoms with van der Waals surface area (Å²) in [6.07, 6.45) is 3.49. The molecule has 0 heterocycles. The Labute approximate surface area is 121 Å². The first kappa shape index (κ1) is 15.3. The Hall–Kier alpha value is -1.10. The summed E-state index contributed by atoms with van der Waals surface area (Å²) in [5.74, 6) is 0.984. The quantitative estimate of drug-likeness (QED) is 0.715. The van der Waals surface area contributed by atoms with Crippen LogP contribution >= 0.6 is 0 Å². The second-order valence-corrected chi connectivity index (χ2v) is 5.01. The number of nitrogens with one attached hydrogen (secondary N) is 1. The topological polar surface area (TPSA) is 50.7 Å². The number of hydrogen-bond donors (Lipinski definition) is 2. The largest absolute Gasteiger partial charge is 0.491 e. The van der Waals surface area contributed by atoms with Gasteiger partial charge >= 0.3 is 0 Å². The molecule has 1 aromatic rings. The number of aliphatic hydroxyl groups excluding tert-OH is 1. The summed E-state index contributed by atoms with van der Waals surface area (Å²) >= 11 is 0. The van der Waals surface area contributed by atoms with Gasteiger partial charge in [-0.2, -0.15) is 0 Å². The molecule has 4 heteroatoms. The smallest absolute Gasteiger partial charge is 0.122 e. The first-order valence-electron chi connectivity index (χ1n) is 7.53. The molecule has 1 unspecified atom stereocenters. The van der Waals surface area contributed by atoms with Crippen molar-refractivity contribution in [2.45, 2.75) is 32.2 Å². The van der Waals surface area contributed by atoms with Crippen molar-refractivity contribution in [3.8, 4) is 5.75 Å². The number of hydrogen-bond acceptors (Lipinski definition) is 4. The van der Waals surface area contributed by atoms with E-state index in [9.17, 15) is 0 Å². The van der Waals surface area contributed by atoms with Gasteiger partial charge in [0.25, 0.3) is 0 Å². The highest BCUT2D eigenvalue weighted by molar-refractivity contribution is 5.43. The molecule has 0 spiro atoms. The standard InChI is InChI=1S/C16H25NO3/c1-2-17-15-7-3-6-14-13(15)5-4-8-16(14)20-12-11-19-10-9-18/h4-5,8,15,17-18H,2-3,6-7,9-12H2,1H3. The Balaban J connectivity index is 1.98. The van der Waals surface area contributed by atoms with Gasteiger partial charge in [0.15, 0.2) is 0 Å². The molecule has 0 radical (unpaired) electrons. The summed E-state index contributed by atoms with van der Waals surface area (Å²) in [6, 6.07) is 6.77. The summed E-state index contributed by atoms with van der Waals surface area (Å²) in [5, 5.41) is 12.2. The van der Waals surface area contributed by atoms with Crippen molar-refractivity contribution in [2.75, 3.05) is 33.0 Å². The highest BCUT2D eigenvalue weighted by atomic mass is 16.5. The van der Waals surface area contributed by atoms with Gasteiger partial charge in [-0.25, -0.2) is 0 Å². The molecule has 0 amide bonds. The molecule has 20 heavy (non-hydrogen) atoms. The molecule has 0 aliphatic heterocycles. The molecule has 0 saturated carbocycles. The zero-order valence-corrected chi connectivity index (χ0v) is 12.2. The van der Waals surface area contributed by atoms with Crippen LogP contribution < -0.4 is 10.1 Å². The Bertz CT molecular complexity index is 409. The first-order valence-corrected chi connectivity index (χ1v) is 7.53. The number of ether oxygens (including phenoxy) is 2. The summed E-state index contributed by atoms with van der Waals surface area (Å²) in [4.78, 5) is 0. The minimum atomic E-state index is 0.0606. The lowest BCUT2D eigenvalue weighted by Crippen LogP contribution is -2.25. The second kappa shape index (κ2) is 8.25. The maximum absolute atomic E-state index is 8.65. The van der Waals surface area contributed by atoms with Gasteiger partial charge < -0.3 is 19.9 Å². The molecule has 1 aromatic carbocycles. The molecule has 1 aliphatic rings. The normalized spacial score (nSPS) is 17.8. The van der Waals surface area contributed by atoms with Crippen LogP contribution in [0.4, 0.5) is 0 Å². The Kier molecular flexibility index (Phi) is 6.30. The highest BCUT2D eigenvalue weighted by Crippen LogP contribution is 2.35. The fourth-order valence-electron chi connectivity index (χ4n) is 2.79. The number of aliphatic hydroxyl groups is 1. The maximum atomic E-state index is 8.65. The fourth-order valence-corrected chi connectivity index (χ4v) is 2.79. The minimum Gasteiger partial charge on any atom is -0.491 e. The van der Waals surface area contributed by atoms with E-state index >= 15 is 0 Å². The van der Waals surface area contributed by atoms with Crippen LogP contribution in [0.15, 0.2) is 18.2 Å². The molecule has 0 saturated heterocycles. The zero-order chi connectivity index (χ0) is 14.2. The van der Waals surface area contributed by atoms with Gasteiger partial charge in [-0.3, -0.25) is 0 Å². The summed E-state index contributed by atoms with van der Waals surface area (Å²) < 4.78 is 11.1. The van der Waals surface area contributed by atoms with E-state index < -0.39 is 0 Å². The molecule has 2 N–H and O–H groups in total. The molecule has 2 rings (SSSR count). The van der Waals surface area contributed by atoms with E-state index in [2.05, 4.69) is 24.4 Å². The lowest BCUT2D eigenvalue weighted by atomic mass is 9.87. The van der Waals surface area contributed by atoms with Crippen molar-refractivity contribution in [3.63, 3.8) is 0 Å². The third-order valence-corrected chi connectivity index (χ3v) is 3.64. The van der Waals surface area contributed by atoms with E-state index in [1.54, 1.807) is 0 Å². The molecule has 1 aliphatic carbocycles. The summed E-state index contributed by atoms with van der Waals surface area (Å²) in [5.41, 5.74) is 2.72. The van der Waals surface area contributed by atoms with Gasteiger partial charge in [0.1, 0.15) is 12.4 Å². The Morgan fingerprint density at radius 3 is 3.00 bits per heavy atom. The van der Waals surface area contributed by atoms with Crippen molar-refractivity contribution in [1.82, 2.24) is 5.32 Å². The molecule has 1 atom stereocenters. The van der Waals surface area contributed by atoms with Crippen molar-refractivity contribution in [3.05, 3.63) is 29.3 Å². The van der Waals surface area contributed by atoms with Gasteiger partial charge in [0, 0.05) is 6.04 Å². The zero-order valence-electron chi connectivity index (χ0n) is 12.2. The first-order chi connectivity index (χ1) is 9.86. The number of fused-ring (bicyclic) bond motifs is 1. The average molecular weight is 279 g/mol. The van der Waals surface area contributed by atoms with Gasteiger partial charge in [-0.15, -0.1) is 0 Å². The molecule has 112 valence electrons. The van der Waals surface area contributed by atoms with Crippen molar-refractivity contribution in [1.29, 1.82) is 0 Å². The van der Waals surface area contributed by atoms with Crippen LogP contribution in [0.1, 0.15) is 36.9 Å². The number of benzene rings is 1. The van der Waals surface area contributed by atoms with Crippen molar-refractivity contribution < 1.29 is 14.6 Å². The van der Waals surface area contributed by atoms with E-state index in [1.165, 1.54) is 24.0 Å². The molecular weight excluding hydrogens is 254 g/mol. The third-order valence-electron chi connectivity index (χ3n) is 3.64.